The molecule has 3 N–H and O–H groups in total. The largest absolute Gasteiger partial charge is 0.388 e. The Morgan fingerprint density at radius 2 is 2.20 bits per heavy atom. The molecule has 108 valence electrons. The summed E-state index contributed by atoms with van der Waals surface area (Å²) in [6.45, 7) is 0.475. The highest BCUT2D eigenvalue weighted by Crippen LogP contribution is 2.18. The number of nitrogens with one attached hydrogen (secondary N) is 3. The first-order chi connectivity index (χ1) is 9.69. The highest BCUT2D eigenvalue weighted by atomic mass is 16.2. The van der Waals surface area contributed by atoms with Crippen molar-refractivity contribution in [1.82, 2.24) is 15.6 Å². The van der Waals surface area contributed by atoms with Gasteiger partial charge in [0.25, 0.3) is 5.91 Å². The van der Waals surface area contributed by atoms with Crippen LogP contribution in [0.3, 0.4) is 0 Å². The van der Waals surface area contributed by atoms with E-state index in [-0.39, 0.29) is 11.8 Å². The molecule has 1 aliphatic rings. The molecule has 0 saturated heterocycles. The second-order valence-electron chi connectivity index (χ2n) is 4.88. The van der Waals surface area contributed by atoms with Gasteiger partial charge >= 0.3 is 0 Å². The van der Waals surface area contributed by atoms with Gasteiger partial charge in [0, 0.05) is 37.9 Å². The smallest absolute Gasteiger partial charge is 0.269 e. The zero-order chi connectivity index (χ0) is 14.4. The first kappa shape index (κ1) is 14.3. The fourth-order valence-electron chi connectivity index (χ4n) is 1.78. The molecule has 1 aliphatic carbocycles. The maximum absolute atomic E-state index is 11.8. The molecule has 2 amide bonds. The zero-order valence-corrected chi connectivity index (χ0v) is 11.6. The van der Waals surface area contributed by atoms with E-state index in [1.165, 1.54) is 0 Å². The highest BCUT2D eigenvalue weighted by molar-refractivity contribution is 5.93. The van der Waals surface area contributed by atoms with Crippen LogP contribution in [0.2, 0.25) is 0 Å². The van der Waals surface area contributed by atoms with E-state index in [9.17, 15) is 9.59 Å². The normalized spacial score (nSPS) is 13.7. The van der Waals surface area contributed by atoms with Gasteiger partial charge in [0.15, 0.2) is 0 Å². The Hall–Kier alpha value is -2.11. The lowest BCUT2D eigenvalue weighted by Crippen LogP contribution is -2.28. The summed E-state index contributed by atoms with van der Waals surface area (Å²) in [5.74, 6) is -0.151. The third kappa shape index (κ3) is 4.53. The lowest BCUT2D eigenvalue weighted by molar-refractivity contribution is -0.121. The van der Waals surface area contributed by atoms with Crippen LogP contribution < -0.4 is 16.0 Å². The van der Waals surface area contributed by atoms with E-state index in [4.69, 9.17) is 0 Å². The molecule has 20 heavy (non-hydrogen) atoms. The van der Waals surface area contributed by atoms with Crippen molar-refractivity contribution in [1.29, 1.82) is 0 Å². The first-order valence-electron chi connectivity index (χ1n) is 6.90. The lowest BCUT2D eigenvalue weighted by Gasteiger charge is -2.06. The minimum atomic E-state index is -0.218. The molecule has 0 spiro atoms. The maximum atomic E-state index is 11.8. The molecular formula is C14H20N4O2. The van der Waals surface area contributed by atoms with Gasteiger partial charge in [0.1, 0.15) is 5.69 Å². The zero-order valence-electron chi connectivity index (χ0n) is 11.6. The van der Waals surface area contributed by atoms with Gasteiger partial charge in [-0.3, -0.25) is 14.6 Å². The van der Waals surface area contributed by atoms with Gasteiger partial charge in [0.05, 0.1) is 0 Å². The number of amides is 2. The second-order valence-corrected chi connectivity index (χ2v) is 4.88. The number of carbonyl (C=O) groups excluding carboxylic acids is 2. The number of rotatable bonds is 7. The number of aromatic nitrogens is 1. The van der Waals surface area contributed by atoms with Crippen LogP contribution in [0.15, 0.2) is 18.3 Å². The second kappa shape index (κ2) is 6.88. The van der Waals surface area contributed by atoms with Crippen LogP contribution in [0.5, 0.6) is 0 Å². The van der Waals surface area contributed by atoms with Crippen molar-refractivity contribution in [3.8, 4) is 0 Å². The summed E-state index contributed by atoms with van der Waals surface area (Å²) < 4.78 is 0. The Balaban J connectivity index is 1.67. The molecule has 1 aromatic heterocycles. The number of hydrogen-bond donors (Lipinski definition) is 3. The van der Waals surface area contributed by atoms with E-state index in [2.05, 4.69) is 20.9 Å². The number of pyridine rings is 1. The first-order valence-corrected chi connectivity index (χ1v) is 6.90. The third-order valence-electron chi connectivity index (χ3n) is 3.09. The standard InChI is InChI=1S/C14H20N4O2/c1-15-11-6-8-16-12(9-11)14(20)17-7-2-3-13(19)18-10-4-5-10/h6,8-10H,2-5,7H2,1H3,(H,15,16)(H,17,20)(H,18,19). The SMILES string of the molecule is CNc1ccnc(C(=O)NCCCC(=O)NC2CC2)c1. The fraction of sp³-hybridized carbons (Fsp3) is 0.500. The molecule has 0 atom stereocenters. The molecule has 1 saturated carbocycles. The minimum Gasteiger partial charge on any atom is -0.388 e. The molecular weight excluding hydrogens is 256 g/mol. The van der Waals surface area contributed by atoms with Crippen LogP contribution >= 0.6 is 0 Å². The molecule has 0 radical (unpaired) electrons. The quantitative estimate of drug-likeness (QED) is 0.646. The molecule has 1 fully saturated rings. The number of hydrogen-bond acceptors (Lipinski definition) is 4. The highest BCUT2D eigenvalue weighted by Gasteiger charge is 2.22. The van der Waals surface area contributed by atoms with Crippen molar-refractivity contribution < 1.29 is 9.59 Å². The van der Waals surface area contributed by atoms with Crippen molar-refractivity contribution in [2.24, 2.45) is 0 Å². The van der Waals surface area contributed by atoms with Crippen molar-refractivity contribution in [3.05, 3.63) is 24.0 Å². The number of carbonyl (C=O) groups is 2. The minimum absolute atomic E-state index is 0.0667. The van der Waals surface area contributed by atoms with E-state index in [0.29, 0.717) is 31.1 Å². The van der Waals surface area contributed by atoms with Crippen LogP contribution in [-0.2, 0) is 4.79 Å². The number of anilines is 1. The van der Waals surface area contributed by atoms with Crippen LogP contribution in [0.1, 0.15) is 36.2 Å². The molecule has 6 nitrogen and oxygen atoms in total. The van der Waals surface area contributed by atoms with Gasteiger partial charge in [-0.2, -0.15) is 0 Å². The summed E-state index contributed by atoms with van der Waals surface area (Å²) in [7, 11) is 1.79. The Kier molecular flexibility index (Phi) is 4.92. The van der Waals surface area contributed by atoms with E-state index >= 15 is 0 Å². The molecule has 0 bridgehead atoms. The van der Waals surface area contributed by atoms with Crippen molar-refractivity contribution >= 4 is 17.5 Å². The molecule has 1 aromatic rings. The van der Waals surface area contributed by atoms with Crippen LogP contribution in [0, 0.1) is 0 Å². The lowest BCUT2D eigenvalue weighted by atomic mass is 10.2. The molecule has 0 aromatic carbocycles. The Bertz CT molecular complexity index is 486. The van der Waals surface area contributed by atoms with Crippen LogP contribution in [-0.4, -0.2) is 36.4 Å². The average molecular weight is 276 g/mol. The summed E-state index contributed by atoms with van der Waals surface area (Å²) >= 11 is 0. The molecule has 0 aliphatic heterocycles. The number of nitrogens with zero attached hydrogens (tertiary/aromatic N) is 1. The summed E-state index contributed by atoms with van der Waals surface area (Å²) in [4.78, 5) is 27.3. The van der Waals surface area contributed by atoms with Gasteiger partial charge in [0.2, 0.25) is 5.91 Å². The van der Waals surface area contributed by atoms with E-state index < -0.39 is 0 Å². The third-order valence-corrected chi connectivity index (χ3v) is 3.09. The predicted octanol–water partition coefficient (Wildman–Crippen LogP) is 0.912. The topological polar surface area (TPSA) is 83.1 Å². The van der Waals surface area contributed by atoms with Gasteiger partial charge in [-0.05, 0) is 31.4 Å². The summed E-state index contributed by atoms with van der Waals surface area (Å²) in [6, 6.07) is 3.87. The van der Waals surface area contributed by atoms with Gasteiger partial charge in [-0.1, -0.05) is 0 Å². The van der Waals surface area contributed by atoms with Crippen molar-refractivity contribution in [3.63, 3.8) is 0 Å². The van der Waals surface area contributed by atoms with E-state index in [1.54, 1.807) is 25.4 Å². The average Bonchev–Trinajstić information content (AvgIpc) is 3.27. The van der Waals surface area contributed by atoms with Crippen LogP contribution in [0.25, 0.3) is 0 Å². The molecule has 6 heteroatoms. The maximum Gasteiger partial charge on any atom is 0.269 e. The van der Waals surface area contributed by atoms with Crippen molar-refractivity contribution in [2.75, 3.05) is 18.9 Å². The molecule has 2 rings (SSSR count). The predicted molar refractivity (Wildman–Crippen MR) is 76.5 cm³/mol. The van der Waals surface area contributed by atoms with E-state index in [1.807, 2.05) is 0 Å². The fourth-order valence-corrected chi connectivity index (χ4v) is 1.78. The van der Waals surface area contributed by atoms with Crippen molar-refractivity contribution in [2.45, 2.75) is 31.7 Å². The molecule has 1 heterocycles. The van der Waals surface area contributed by atoms with Gasteiger partial charge in [-0.15, -0.1) is 0 Å². The summed E-state index contributed by atoms with van der Waals surface area (Å²) in [6.07, 6.45) is 4.85. The van der Waals surface area contributed by atoms with Gasteiger partial charge < -0.3 is 16.0 Å². The van der Waals surface area contributed by atoms with Gasteiger partial charge in [-0.25, -0.2) is 0 Å². The monoisotopic (exact) mass is 276 g/mol. The summed E-state index contributed by atoms with van der Waals surface area (Å²) in [5, 5.41) is 8.64. The van der Waals surface area contributed by atoms with Crippen LogP contribution in [0.4, 0.5) is 5.69 Å². The molecule has 0 unspecified atom stereocenters. The Labute approximate surface area is 118 Å². The summed E-state index contributed by atoms with van der Waals surface area (Å²) in [5.41, 5.74) is 1.22. The van der Waals surface area contributed by atoms with E-state index in [0.717, 1.165) is 18.5 Å². The Morgan fingerprint density at radius 3 is 2.90 bits per heavy atom. The Morgan fingerprint density at radius 1 is 1.40 bits per heavy atom.